The summed E-state index contributed by atoms with van der Waals surface area (Å²) in [6.07, 6.45) is 3.76. The van der Waals surface area contributed by atoms with E-state index in [0.717, 1.165) is 47.6 Å². The Kier molecular flexibility index (Phi) is 7.62. The van der Waals surface area contributed by atoms with Crippen LogP contribution in [-0.2, 0) is 4.79 Å². The van der Waals surface area contributed by atoms with Crippen LogP contribution in [0.25, 0.3) is 22.2 Å². The molecule has 0 radical (unpaired) electrons. The number of aromatic nitrogens is 3. The number of likely N-dealkylation sites (N-methyl/N-ethyl adjacent to an activating group) is 1. The van der Waals surface area contributed by atoms with E-state index >= 15 is 0 Å². The molecule has 0 saturated heterocycles. The van der Waals surface area contributed by atoms with Crippen molar-refractivity contribution in [1.29, 1.82) is 0 Å². The molecule has 4 rings (SSSR count). The molecule has 2 N–H and O–H groups in total. The number of hydrogen-bond acceptors (Lipinski definition) is 6. The van der Waals surface area contributed by atoms with E-state index in [0.29, 0.717) is 24.4 Å². The Bertz CT molecular complexity index is 1270. The van der Waals surface area contributed by atoms with Gasteiger partial charge in [0.2, 0.25) is 5.91 Å². The minimum atomic E-state index is 0.0180. The molecule has 2 aromatic carbocycles. The van der Waals surface area contributed by atoms with Crippen LogP contribution in [0.4, 0.5) is 5.82 Å². The zero-order valence-corrected chi connectivity index (χ0v) is 20.5. The van der Waals surface area contributed by atoms with Gasteiger partial charge in [-0.3, -0.25) is 4.79 Å². The van der Waals surface area contributed by atoms with Gasteiger partial charge >= 0.3 is 0 Å². The molecule has 0 aliphatic carbocycles. The zero-order valence-electron chi connectivity index (χ0n) is 20.5. The molecule has 0 atom stereocenters. The van der Waals surface area contributed by atoms with Crippen LogP contribution in [0.2, 0.25) is 0 Å². The maximum absolute atomic E-state index is 13.0. The number of hydrogen-bond donors (Lipinski definition) is 1. The SMILES string of the molecule is CCC(=O)N(CCN(CC)CC)n1cc(-c2ccc(Oc3ccccc3)cc2)c2c(N)ncnc21. The third-order valence-electron chi connectivity index (χ3n) is 6.11. The lowest BCUT2D eigenvalue weighted by Crippen LogP contribution is -2.45. The number of rotatable bonds is 10. The molecule has 1 amide bonds. The van der Waals surface area contributed by atoms with Crippen molar-refractivity contribution in [1.82, 2.24) is 19.5 Å². The van der Waals surface area contributed by atoms with Crippen molar-refractivity contribution >= 4 is 22.8 Å². The highest BCUT2D eigenvalue weighted by Crippen LogP contribution is 2.34. The van der Waals surface area contributed by atoms with Gasteiger partial charge < -0.3 is 15.4 Å². The lowest BCUT2D eigenvalue weighted by molar-refractivity contribution is -0.119. The molecule has 8 heteroatoms. The van der Waals surface area contributed by atoms with Gasteiger partial charge in [0, 0.05) is 24.7 Å². The van der Waals surface area contributed by atoms with Crippen molar-refractivity contribution in [3.8, 4) is 22.6 Å². The summed E-state index contributed by atoms with van der Waals surface area (Å²) in [6.45, 7) is 9.28. The summed E-state index contributed by atoms with van der Waals surface area (Å²) >= 11 is 0. The number of amides is 1. The predicted molar refractivity (Wildman–Crippen MR) is 140 cm³/mol. The van der Waals surface area contributed by atoms with Crippen LogP contribution in [0, 0.1) is 0 Å². The maximum atomic E-state index is 13.0. The number of benzene rings is 2. The van der Waals surface area contributed by atoms with Crippen LogP contribution in [0.1, 0.15) is 27.2 Å². The van der Waals surface area contributed by atoms with Crippen molar-refractivity contribution in [2.24, 2.45) is 0 Å². The van der Waals surface area contributed by atoms with E-state index in [2.05, 4.69) is 28.7 Å². The number of fused-ring (bicyclic) bond motifs is 1. The summed E-state index contributed by atoms with van der Waals surface area (Å²) in [4.78, 5) is 24.0. The first kappa shape index (κ1) is 24.2. The Hall–Kier alpha value is -3.91. The first-order chi connectivity index (χ1) is 17.0. The number of ether oxygens (including phenoxy) is 1. The summed E-state index contributed by atoms with van der Waals surface area (Å²) < 4.78 is 7.76. The van der Waals surface area contributed by atoms with Crippen LogP contribution in [0.3, 0.4) is 0 Å². The van der Waals surface area contributed by atoms with Gasteiger partial charge in [-0.1, -0.05) is 51.1 Å². The molecule has 182 valence electrons. The highest BCUT2D eigenvalue weighted by Gasteiger charge is 2.22. The van der Waals surface area contributed by atoms with E-state index in [9.17, 15) is 4.79 Å². The van der Waals surface area contributed by atoms with Crippen molar-refractivity contribution < 1.29 is 9.53 Å². The predicted octanol–water partition coefficient (Wildman–Crippen LogP) is 4.69. The molecule has 0 aliphatic rings. The fourth-order valence-electron chi connectivity index (χ4n) is 4.11. The second kappa shape index (κ2) is 11.0. The van der Waals surface area contributed by atoms with Crippen LogP contribution in [-0.4, -0.2) is 51.6 Å². The molecule has 0 aliphatic heterocycles. The average Bonchev–Trinajstić information content (AvgIpc) is 3.28. The lowest BCUT2D eigenvalue weighted by atomic mass is 10.1. The van der Waals surface area contributed by atoms with Crippen molar-refractivity contribution in [2.75, 3.05) is 36.9 Å². The third-order valence-corrected chi connectivity index (χ3v) is 6.11. The minimum absolute atomic E-state index is 0.0180. The number of anilines is 1. The summed E-state index contributed by atoms with van der Waals surface area (Å²) in [6, 6.07) is 17.4. The van der Waals surface area contributed by atoms with Gasteiger partial charge in [0.05, 0.1) is 11.9 Å². The van der Waals surface area contributed by atoms with E-state index in [1.165, 1.54) is 6.33 Å². The Morgan fingerprint density at radius 3 is 2.29 bits per heavy atom. The summed E-state index contributed by atoms with van der Waals surface area (Å²) in [5, 5.41) is 2.48. The molecule has 0 fully saturated rings. The number of nitrogens with two attached hydrogens (primary N) is 1. The minimum Gasteiger partial charge on any atom is -0.457 e. The van der Waals surface area contributed by atoms with Gasteiger partial charge in [-0.2, -0.15) is 0 Å². The third kappa shape index (κ3) is 5.27. The quantitative estimate of drug-likeness (QED) is 0.360. The van der Waals surface area contributed by atoms with E-state index in [1.807, 2.05) is 72.4 Å². The van der Waals surface area contributed by atoms with Gasteiger partial charge in [-0.25, -0.2) is 19.7 Å². The van der Waals surface area contributed by atoms with Crippen molar-refractivity contribution in [2.45, 2.75) is 27.2 Å². The average molecular weight is 473 g/mol. The zero-order chi connectivity index (χ0) is 24.8. The van der Waals surface area contributed by atoms with Crippen molar-refractivity contribution in [3.05, 3.63) is 67.1 Å². The van der Waals surface area contributed by atoms with Gasteiger partial charge in [-0.05, 0) is 42.9 Å². The molecule has 8 nitrogen and oxygen atoms in total. The molecule has 35 heavy (non-hydrogen) atoms. The van der Waals surface area contributed by atoms with Gasteiger partial charge in [0.15, 0.2) is 5.65 Å². The number of carbonyl (C=O) groups is 1. The first-order valence-corrected chi connectivity index (χ1v) is 12.0. The van der Waals surface area contributed by atoms with E-state index in [1.54, 1.807) is 5.01 Å². The first-order valence-electron chi connectivity index (χ1n) is 12.0. The van der Waals surface area contributed by atoms with E-state index < -0.39 is 0 Å². The fourth-order valence-corrected chi connectivity index (χ4v) is 4.11. The van der Waals surface area contributed by atoms with Crippen LogP contribution >= 0.6 is 0 Å². The Balaban J connectivity index is 1.72. The molecule has 0 saturated carbocycles. The Morgan fingerprint density at radius 2 is 1.63 bits per heavy atom. The fraction of sp³-hybridized carbons (Fsp3) is 0.296. The van der Waals surface area contributed by atoms with Crippen LogP contribution < -0.4 is 15.5 Å². The van der Waals surface area contributed by atoms with E-state index in [4.69, 9.17) is 10.5 Å². The largest absolute Gasteiger partial charge is 0.457 e. The van der Waals surface area contributed by atoms with E-state index in [-0.39, 0.29) is 5.91 Å². The van der Waals surface area contributed by atoms with Gasteiger partial charge in [0.25, 0.3) is 0 Å². The van der Waals surface area contributed by atoms with Gasteiger partial charge in [0.1, 0.15) is 23.6 Å². The number of carbonyl (C=O) groups excluding carboxylic acids is 1. The lowest BCUT2D eigenvalue weighted by Gasteiger charge is -2.27. The topological polar surface area (TPSA) is 89.5 Å². The molecular weight excluding hydrogens is 440 g/mol. The van der Waals surface area contributed by atoms with Crippen molar-refractivity contribution in [3.63, 3.8) is 0 Å². The Labute approximate surface area is 205 Å². The van der Waals surface area contributed by atoms with Gasteiger partial charge in [-0.15, -0.1) is 0 Å². The molecule has 0 spiro atoms. The summed E-state index contributed by atoms with van der Waals surface area (Å²) in [5.41, 5.74) is 8.72. The number of nitrogen functional groups attached to an aromatic ring is 1. The molecule has 0 bridgehead atoms. The highest BCUT2D eigenvalue weighted by atomic mass is 16.5. The summed E-state index contributed by atoms with van der Waals surface area (Å²) in [7, 11) is 0. The second-order valence-electron chi connectivity index (χ2n) is 8.18. The van der Waals surface area contributed by atoms with Crippen LogP contribution in [0.5, 0.6) is 11.5 Å². The normalized spacial score (nSPS) is 11.2. The molecular formula is C27H32N6O2. The second-order valence-corrected chi connectivity index (χ2v) is 8.18. The Morgan fingerprint density at radius 1 is 0.943 bits per heavy atom. The maximum Gasteiger partial charge on any atom is 0.241 e. The molecule has 2 aromatic heterocycles. The molecule has 2 heterocycles. The van der Waals surface area contributed by atoms with Crippen LogP contribution in [0.15, 0.2) is 67.1 Å². The standard InChI is InChI=1S/C27H32N6O2/c1-4-24(34)32(17-16-31(5-2)6-3)33-18-23(25-26(28)29-19-30-27(25)33)20-12-14-22(15-13-20)35-21-10-8-7-9-11-21/h7-15,18-19H,4-6,16-17H2,1-3H3,(H2,28,29,30). The molecule has 0 unspecified atom stereocenters. The number of para-hydroxylation sites is 1. The smallest absolute Gasteiger partial charge is 0.241 e. The highest BCUT2D eigenvalue weighted by molar-refractivity contribution is 6.02. The number of nitrogens with zero attached hydrogens (tertiary/aromatic N) is 5. The summed E-state index contributed by atoms with van der Waals surface area (Å²) in [5.74, 6) is 1.90. The molecule has 4 aromatic rings. The monoisotopic (exact) mass is 472 g/mol.